The molecule has 3 fully saturated rings. The molecule has 1 atom stereocenters. The van der Waals surface area contributed by atoms with E-state index in [9.17, 15) is 9.59 Å². The van der Waals surface area contributed by atoms with Crippen LogP contribution in [0.15, 0.2) is 47.5 Å². The van der Waals surface area contributed by atoms with E-state index in [0.717, 1.165) is 84.3 Å². The van der Waals surface area contributed by atoms with Gasteiger partial charge in [-0.25, -0.2) is 0 Å². The molecule has 4 aliphatic rings. The Hall–Kier alpha value is -3.52. The predicted octanol–water partition coefficient (Wildman–Crippen LogP) is 3.77. The molecule has 8 heteroatoms. The molecule has 3 heterocycles. The maximum atomic E-state index is 13.4. The van der Waals surface area contributed by atoms with Gasteiger partial charge in [0.1, 0.15) is 11.4 Å². The third-order valence-electron chi connectivity index (χ3n) is 8.59. The van der Waals surface area contributed by atoms with Gasteiger partial charge in [0.2, 0.25) is 5.91 Å². The lowest BCUT2D eigenvalue weighted by Gasteiger charge is -2.23. The van der Waals surface area contributed by atoms with E-state index in [-0.39, 0.29) is 11.8 Å². The lowest BCUT2D eigenvalue weighted by molar-refractivity contribution is -0.131. The highest BCUT2D eigenvalue weighted by Gasteiger charge is 2.57. The van der Waals surface area contributed by atoms with Gasteiger partial charge in [0.15, 0.2) is 0 Å². The van der Waals surface area contributed by atoms with Crippen molar-refractivity contribution in [2.75, 3.05) is 26.7 Å². The van der Waals surface area contributed by atoms with Crippen molar-refractivity contribution in [3.05, 3.63) is 53.7 Å². The Morgan fingerprint density at radius 2 is 1.79 bits per heavy atom. The molecule has 2 aliphatic carbocycles. The normalized spacial score (nSPS) is 22.1. The smallest absolute Gasteiger partial charge is 0.256 e. The fraction of sp³-hybridized carbons (Fsp3) is 0.467. The highest BCUT2D eigenvalue weighted by atomic mass is 16.5. The van der Waals surface area contributed by atoms with Crippen molar-refractivity contribution in [2.45, 2.75) is 44.2 Å². The number of aliphatic imine (C=N–C) groups is 1. The average Bonchev–Trinajstić information content (AvgIpc) is 3.84. The van der Waals surface area contributed by atoms with E-state index >= 15 is 0 Å². The number of hydrogen-bond donors (Lipinski definition) is 0. The van der Waals surface area contributed by atoms with E-state index in [1.165, 1.54) is 0 Å². The molecule has 1 saturated heterocycles. The Kier molecular flexibility index (Phi) is 5.44. The first-order valence-corrected chi connectivity index (χ1v) is 13.7. The number of benzene rings is 2. The second-order valence-corrected chi connectivity index (χ2v) is 11.4. The van der Waals surface area contributed by atoms with Gasteiger partial charge in [-0.15, -0.1) is 0 Å². The van der Waals surface area contributed by atoms with E-state index in [1.54, 1.807) is 7.11 Å². The monoisotopic (exact) mass is 511 g/mol. The molecule has 0 N–H and O–H groups in total. The van der Waals surface area contributed by atoms with Gasteiger partial charge in [-0.05, 0) is 55.2 Å². The summed E-state index contributed by atoms with van der Waals surface area (Å²) in [5.74, 6) is 1.78. The Bertz CT molecular complexity index is 1470. The molecule has 2 saturated carbocycles. The standard InChI is InChI=1S/C30H33N5O3/c1-33-26-15-23(9-10-24(26)25(32-33)18-38-2)20-3-5-21(6-4-20)27-31-30(12-13-30)29(37)35(27)17-19-11-14-34(16-19)28(36)22-7-8-22/h3-6,9-10,15,19,22H,7-8,11-14,16-18H2,1-2H3. The fourth-order valence-corrected chi connectivity index (χ4v) is 6.09. The van der Waals surface area contributed by atoms with E-state index in [2.05, 4.69) is 47.6 Å². The summed E-state index contributed by atoms with van der Waals surface area (Å²) in [4.78, 5) is 34.8. The van der Waals surface area contributed by atoms with Crippen LogP contribution in [0.3, 0.4) is 0 Å². The van der Waals surface area contributed by atoms with Crippen molar-refractivity contribution in [1.29, 1.82) is 0 Å². The molecule has 196 valence electrons. The first-order chi connectivity index (χ1) is 18.5. The van der Waals surface area contributed by atoms with Gasteiger partial charge in [0, 0.05) is 50.7 Å². The molecule has 7 rings (SSSR count). The van der Waals surface area contributed by atoms with Crippen molar-refractivity contribution < 1.29 is 14.3 Å². The van der Waals surface area contributed by atoms with Crippen molar-refractivity contribution in [3.8, 4) is 11.1 Å². The van der Waals surface area contributed by atoms with Crippen molar-refractivity contribution in [3.63, 3.8) is 0 Å². The molecule has 0 bridgehead atoms. The van der Waals surface area contributed by atoms with Crippen LogP contribution in [-0.2, 0) is 28.0 Å². The second kappa shape index (κ2) is 8.76. The minimum absolute atomic E-state index is 0.136. The van der Waals surface area contributed by atoms with Gasteiger partial charge in [-0.3, -0.25) is 24.2 Å². The number of hydrogen-bond acceptors (Lipinski definition) is 5. The van der Waals surface area contributed by atoms with Crippen molar-refractivity contribution in [2.24, 2.45) is 23.9 Å². The molecule has 38 heavy (non-hydrogen) atoms. The summed E-state index contributed by atoms with van der Waals surface area (Å²) in [6.45, 7) is 2.68. The quantitative estimate of drug-likeness (QED) is 0.484. The number of rotatable bonds is 7. The van der Waals surface area contributed by atoms with Crippen LogP contribution in [0.5, 0.6) is 0 Å². The first kappa shape index (κ1) is 23.6. The average molecular weight is 512 g/mol. The number of aryl methyl sites for hydroxylation is 1. The van der Waals surface area contributed by atoms with Gasteiger partial charge in [-0.1, -0.05) is 36.4 Å². The highest BCUT2D eigenvalue weighted by molar-refractivity contribution is 6.16. The maximum Gasteiger partial charge on any atom is 0.256 e. The Morgan fingerprint density at radius 3 is 2.50 bits per heavy atom. The fourth-order valence-electron chi connectivity index (χ4n) is 6.09. The topological polar surface area (TPSA) is 80.0 Å². The third kappa shape index (κ3) is 3.93. The van der Waals surface area contributed by atoms with Crippen LogP contribution in [0.4, 0.5) is 0 Å². The highest BCUT2D eigenvalue weighted by Crippen LogP contribution is 2.46. The van der Waals surface area contributed by atoms with Crippen LogP contribution < -0.4 is 0 Å². The van der Waals surface area contributed by atoms with Gasteiger partial charge in [0.05, 0.1) is 17.8 Å². The Labute approximate surface area is 222 Å². The van der Waals surface area contributed by atoms with E-state index in [0.29, 0.717) is 25.0 Å². The zero-order chi connectivity index (χ0) is 26.0. The summed E-state index contributed by atoms with van der Waals surface area (Å²) < 4.78 is 7.20. The van der Waals surface area contributed by atoms with Crippen LogP contribution in [0.2, 0.25) is 0 Å². The Balaban J connectivity index is 1.12. The molecule has 3 aromatic rings. The van der Waals surface area contributed by atoms with Crippen LogP contribution in [0.25, 0.3) is 22.0 Å². The SMILES string of the molecule is COCc1nn(C)c2cc(-c3ccc(C4=NC5(CC5)C(=O)N4CC4CCN(C(=O)C5CC5)C4)cc3)ccc12. The number of nitrogens with zero attached hydrogens (tertiary/aromatic N) is 5. The number of carbonyl (C=O) groups excluding carboxylic acids is 2. The maximum absolute atomic E-state index is 13.4. The summed E-state index contributed by atoms with van der Waals surface area (Å²) in [6.07, 6.45) is 4.67. The molecule has 2 amide bonds. The molecular weight excluding hydrogens is 478 g/mol. The number of amides is 2. The number of likely N-dealkylation sites (tertiary alicyclic amines) is 1. The molecular formula is C30H33N5O3. The summed E-state index contributed by atoms with van der Waals surface area (Å²) in [5, 5.41) is 5.70. The van der Waals surface area contributed by atoms with Crippen LogP contribution in [0.1, 0.15) is 43.4 Å². The Morgan fingerprint density at radius 1 is 1.05 bits per heavy atom. The van der Waals surface area contributed by atoms with Crippen molar-refractivity contribution in [1.82, 2.24) is 19.6 Å². The number of aromatic nitrogens is 2. The van der Waals surface area contributed by atoms with Gasteiger partial charge < -0.3 is 9.64 Å². The summed E-state index contributed by atoms with van der Waals surface area (Å²) in [5.41, 5.74) is 4.65. The van der Waals surface area contributed by atoms with E-state index in [4.69, 9.17) is 9.73 Å². The molecule has 1 unspecified atom stereocenters. The lowest BCUT2D eigenvalue weighted by Crippen LogP contribution is -2.40. The number of carbonyl (C=O) groups is 2. The third-order valence-corrected chi connectivity index (χ3v) is 8.59. The number of ether oxygens (including phenoxy) is 1. The number of fused-ring (bicyclic) bond motifs is 1. The lowest BCUT2D eigenvalue weighted by atomic mass is 10.0. The zero-order valence-electron chi connectivity index (χ0n) is 22.0. The molecule has 0 radical (unpaired) electrons. The van der Waals surface area contributed by atoms with Crippen LogP contribution in [-0.4, -0.2) is 69.5 Å². The first-order valence-electron chi connectivity index (χ1n) is 13.7. The number of amidine groups is 1. The molecule has 2 aromatic carbocycles. The summed E-state index contributed by atoms with van der Waals surface area (Å²) in [6, 6.07) is 14.8. The minimum atomic E-state index is -0.541. The van der Waals surface area contributed by atoms with E-state index < -0.39 is 5.54 Å². The van der Waals surface area contributed by atoms with Crippen molar-refractivity contribution >= 4 is 28.6 Å². The summed E-state index contributed by atoms with van der Waals surface area (Å²) in [7, 11) is 3.64. The molecule has 1 aromatic heterocycles. The molecule has 1 spiro atoms. The molecule has 2 aliphatic heterocycles. The zero-order valence-corrected chi connectivity index (χ0v) is 22.0. The van der Waals surface area contributed by atoms with Gasteiger partial charge in [0.25, 0.3) is 5.91 Å². The van der Waals surface area contributed by atoms with Crippen LogP contribution >= 0.6 is 0 Å². The van der Waals surface area contributed by atoms with Gasteiger partial charge in [-0.2, -0.15) is 5.10 Å². The van der Waals surface area contributed by atoms with Gasteiger partial charge >= 0.3 is 0 Å². The largest absolute Gasteiger partial charge is 0.378 e. The minimum Gasteiger partial charge on any atom is -0.378 e. The predicted molar refractivity (Wildman–Crippen MR) is 144 cm³/mol. The molecule has 8 nitrogen and oxygen atoms in total. The van der Waals surface area contributed by atoms with Crippen LogP contribution in [0, 0.1) is 11.8 Å². The summed E-state index contributed by atoms with van der Waals surface area (Å²) >= 11 is 0. The van der Waals surface area contributed by atoms with E-state index in [1.807, 2.05) is 21.5 Å². The number of methoxy groups -OCH3 is 1. The second-order valence-electron chi connectivity index (χ2n) is 11.4.